The van der Waals surface area contributed by atoms with Crippen LogP contribution in [0.15, 0.2) is 48.7 Å². The Kier molecular flexibility index (Phi) is 8.61. The van der Waals surface area contributed by atoms with Gasteiger partial charge in [0.2, 0.25) is 11.8 Å². The Morgan fingerprint density at radius 3 is 2.53 bits per heavy atom. The van der Waals surface area contributed by atoms with E-state index in [9.17, 15) is 24.3 Å². The average molecular weight is 542 g/mol. The van der Waals surface area contributed by atoms with Gasteiger partial charge >= 0.3 is 5.97 Å². The number of aromatic amines is 1. The van der Waals surface area contributed by atoms with Crippen LogP contribution in [0.2, 0.25) is 0 Å². The fourth-order valence-corrected chi connectivity index (χ4v) is 4.80. The van der Waals surface area contributed by atoms with E-state index in [-0.39, 0.29) is 24.4 Å². The fraction of sp³-hybridized carbons (Fsp3) is 0.333. The van der Waals surface area contributed by atoms with Gasteiger partial charge in [-0.1, -0.05) is 24.3 Å². The van der Waals surface area contributed by atoms with Crippen molar-refractivity contribution in [2.24, 2.45) is 17.4 Å². The molecule has 0 saturated heterocycles. The Morgan fingerprint density at radius 1 is 1.16 bits per heavy atom. The van der Waals surface area contributed by atoms with E-state index in [1.807, 2.05) is 24.3 Å². The molecule has 202 valence electrons. The minimum absolute atomic E-state index is 0. The highest BCUT2D eigenvalue weighted by Gasteiger charge is 2.41. The van der Waals surface area contributed by atoms with Crippen LogP contribution in [0, 0.1) is 5.92 Å². The molecule has 8 N–H and O–H groups in total. The Bertz CT molecular complexity index is 1380. The van der Waals surface area contributed by atoms with Crippen LogP contribution in [0.3, 0.4) is 0 Å². The SMILES string of the molecule is CC(C)(N)C(=O)NC(Cc1c[nH]c2ccccc12)C(=O)C(C(N)=O)C1NCCc2cc(C(=O)O)ccc21.Cl. The van der Waals surface area contributed by atoms with Gasteiger partial charge in [-0.25, -0.2) is 4.79 Å². The highest BCUT2D eigenvalue weighted by atomic mass is 35.5. The van der Waals surface area contributed by atoms with Gasteiger partial charge in [-0.3, -0.25) is 14.4 Å². The van der Waals surface area contributed by atoms with Crippen molar-refractivity contribution in [3.63, 3.8) is 0 Å². The number of carbonyl (C=O) groups excluding carboxylic acids is 3. The number of hydrogen-bond acceptors (Lipinski definition) is 6. The standard InChI is InChI=1S/C27H31N5O5.ClH/c1-27(2,29)26(37)32-20(12-16-13-31-19-6-4-3-5-17(16)19)23(33)21(24(28)34)22-18-8-7-15(25(35)36)11-14(18)9-10-30-22;/h3-8,11,13,20-22,30-31H,9-10,12,29H2,1-2H3,(H2,28,34)(H,32,37)(H,35,36);1H. The minimum Gasteiger partial charge on any atom is -0.478 e. The van der Waals surface area contributed by atoms with Crippen LogP contribution < -0.4 is 22.1 Å². The van der Waals surface area contributed by atoms with Gasteiger partial charge in [0, 0.05) is 23.5 Å². The summed E-state index contributed by atoms with van der Waals surface area (Å²) in [6.45, 7) is 3.48. The van der Waals surface area contributed by atoms with Crippen LogP contribution in [0.25, 0.3) is 10.9 Å². The van der Waals surface area contributed by atoms with E-state index in [1.165, 1.54) is 19.9 Å². The number of carbonyl (C=O) groups is 4. The molecule has 0 saturated carbocycles. The van der Waals surface area contributed by atoms with Crippen molar-refractivity contribution in [1.82, 2.24) is 15.6 Å². The number of para-hydroxylation sites is 1. The van der Waals surface area contributed by atoms with Gasteiger partial charge in [-0.05, 0) is 61.7 Å². The van der Waals surface area contributed by atoms with Gasteiger partial charge < -0.3 is 32.2 Å². The average Bonchev–Trinajstić information content (AvgIpc) is 3.25. The number of nitrogens with two attached hydrogens (primary N) is 2. The van der Waals surface area contributed by atoms with Gasteiger partial charge in [0.25, 0.3) is 0 Å². The van der Waals surface area contributed by atoms with E-state index in [2.05, 4.69) is 15.6 Å². The summed E-state index contributed by atoms with van der Waals surface area (Å²) in [5.41, 5.74) is 13.7. The second kappa shape index (κ2) is 11.3. The van der Waals surface area contributed by atoms with Gasteiger partial charge in [-0.15, -0.1) is 12.4 Å². The summed E-state index contributed by atoms with van der Waals surface area (Å²) in [4.78, 5) is 54.2. The number of nitrogens with one attached hydrogen (secondary N) is 3. The molecule has 1 aliphatic heterocycles. The van der Waals surface area contributed by atoms with Gasteiger partial charge in [0.1, 0.15) is 5.92 Å². The number of carboxylic acid groups (broad SMARTS) is 1. The van der Waals surface area contributed by atoms with Crippen LogP contribution in [-0.4, -0.2) is 51.8 Å². The van der Waals surface area contributed by atoms with Crippen molar-refractivity contribution in [3.8, 4) is 0 Å². The van der Waals surface area contributed by atoms with Crippen LogP contribution in [0.5, 0.6) is 0 Å². The number of primary amides is 1. The molecule has 0 aliphatic carbocycles. The number of Topliss-reactive ketones (excluding diaryl/α,β-unsaturated/α-hetero) is 1. The molecule has 2 aromatic carbocycles. The van der Waals surface area contributed by atoms with Gasteiger partial charge in [0.05, 0.1) is 23.2 Å². The Labute approximate surface area is 225 Å². The molecule has 2 heterocycles. The molecule has 10 nitrogen and oxygen atoms in total. The third-order valence-electron chi connectivity index (χ3n) is 6.76. The number of rotatable bonds is 9. The van der Waals surface area contributed by atoms with Crippen LogP contribution in [-0.2, 0) is 27.2 Å². The van der Waals surface area contributed by atoms with Crippen LogP contribution in [0.4, 0.5) is 0 Å². The van der Waals surface area contributed by atoms with Crippen molar-refractivity contribution in [3.05, 3.63) is 70.9 Å². The van der Waals surface area contributed by atoms with E-state index < -0.39 is 47.1 Å². The number of fused-ring (bicyclic) bond motifs is 2. The lowest BCUT2D eigenvalue weighted by atomic mass is 9.80. The number of benzene rings is 2. The predicted molar refractivity (Wildman–Crippen MR) is 145 cm³/mol. The van der Waals surface area contributed by atoms with E-state index >= 15 is 0 Å². The molecule has 3 aromatic rings. The Balaban J connectivity index is 0.00000400. The van der Waals surface area contributed by atoms with Crippen molar-refractivity contribution in [2.45, 2.75) is 44.3 Å². The van der Waals surface area contributed by atoms with E-state index in [1.54, 1.807) is 18.3 Å². The highest BCUT2D eigenvalue weighted by molar-refractivity contribution is 6.06. The molecule has 38 heavy (non-hydrogen) atoms. The molecule has 4 rings (SSSR count). The maximum Gasteiger partial charge on any atom is 0.335 e. The minimum atomic E-state index is -1.31. The zero-order valence-electron chi connectivity index (χ0n) is 21.1. The second-order valence-corrected chi connectivity index (χ2v) is 9.99. The summed E-state index contributed by atoms with van der Waals surface area (Å²) in [6, 6.07) is 10.3. The lowest BCUT2D eigenvalue weighted by molar-refractivity contribution is -0.137. The number of aromatic carboxylic acids is 1. The number of aromatic nitrogens is 1. The molecule has 0 radical (unpaired) electrons. The molecule has 0 spiro atoms. The quantitative estimate of drug-likeness (QED) is 0.222. The van der Waals surface area contributed by atoms with E-state index in [0.717, 1.165) is 22.0 Å². The number of ketones is 1. The third-order valence-corrected chi connectivity index (χ3v) is 6.76. The Hall–Kier alpha value is -3.73. The smallest absolute Gasteiger partial charge is 0.335 e. The van der Waals surface area contributed by atoms with Crippen LogP contribution in [0.1, 0.15) is 46.9 Å². The maximum absolute atomic E-state index is 14.0. The first-order valence-corrected chi connectivity index (χ1v) is 12.0. The molecule has 3 unspecified atom stereocenters. The predicted octanol–water partition coefficient (Wildman–Crippen LogP) is 1.61. The third kappa shape index (κ3) is 5.88. The molecule has 0 fully saturated rings. The molecular weight excluding hydrogens is 510 g/mol. The van der Waals surface area contributed by atoms with Crippen molar-refractivity contribution in [2.75, 3.05) is 6.54 Å². The molecule has 0 bridgehead atoms. The number of halogens is 1. The first kappa shape index (κ1) is 28.8. The van der Waals surface area contributed by atoms with Crippen molar-refractivity contribution < 1.29 is 24.3 Å². The first-order chi connectivity index (χ1) is 17.5. The number of carboxylic acids is 1. The number of amides is 2. The molecule has 3 atom stereocenters. The Morgan fingerprint density at radius 2 is 1.87 bits per heavy atom. The summed E-state index contributed by atoms with van der Waals surface area (Å²) in [7, 11) is 0. The summed E-state index contributed by atoms with van der Waals surface area (Å²) in [5.74, 6) is -4.32. The maximum atomic E-state index is 14.0. The molecule has 1 aromatic heterocycles. The molecule has 1 aliphatic rings. The summed E-state index contributed by atoms with van der Waals surface area (Å²) < 4.78 is 0. The van der Waals surface area contributed by atoms with E-state index in [4.69, 9.17) is 11.5 Å². The van der Waals surface area contributed by atoms with Crippen LogP contribution >= 0.6 is 12.4 Å². The summed E-state index contributed by atoms with van der Waals surface area (Å²) in [5, 5.41) is 16.2. The zero-order valence-corrected chi connectivity index (χ0v) is 21.9. The molecular formula is C27H32ClN5O5. The van der Waals surface area contributed by atoms with Gasteiger partial charge in [-0.2, -0.15) is 0 Å². The molecule has 11 heteroatoms. The fourth-order valence-electron chi connectivity index (χ4n) is 4.80. The largest absolute Gasteiger partial charge is 0.478 e. The van der Waals surface area contributed by atoms with Gasteiger partial charge in [0.15, 0.2) is 5.78 Å². The normalized spacial score (nSPS) is 16.6. The van der Waals surface area contributed by atoms with E-state index in [0.29, 0.717) is 18.5 Å². The topological polar surface area (TPSA) is 180 Å². The summed E-state index contributed by atoms with van der Waals surface area (Å²) in [6.07, 6.45) is 2.42. The zero-order chi connectivity index (χ0) is 26.9. The lowest BCUT2D eigenvalue weighted by Crippen LogP contribution is -2.57. The monoisotopic (exact) mass is 541 g/mol. The lowest BCUT2D eigenvalue weighted by Gasteiger charge is -2.33. The number of H-pyrrole nitrogens is 1. The van der Waals surface area contributed by atoms with Crippen molar-refractivity contribution >= 4 is 46.9 Å². The number of hydrogen-bond donors (Lipinski definition) is 6. The first-order valence-electron chi connectivity index (χ1n) is 12.0. The van der Waals surface area contributed by atoms with Crippen molar-refractivity contribution in [1.29, 1.82) is 0 Å². The summed E-state index contributed by atoms with van der Waals surface area (Å²) >= 11 is 0. The highest BCUT2D eigenvalue weighted by Crippen LogP contribution is 2.32. The molecule has 2 amide bonds. The second-order valence-electron chi connectivity index (χ2n) is 9.99.